The molecule has 0 fully saturated rings. The van der Waals surface area contributed by atoms with Crippen LogP contribution in [-0.4, -0.2) is 41.3 Å². The molecule has 0 aliphatic carbocycles. The molecule has 0 atom stereocenters. The molecule has 0 bridgehead atoms. The first kappa shape index (κ1) is 20.9. The molecule has 0 saturated carbocycles. The highest BCUT2D eigenvalue weighted by Gasteiger charge is 2.14. The summed E-state index contributed by atoms with van der Waals surface area (Å²) in [6.07, 6.45) is 1.50. The van der Waals surface area contributed by atoms with Crippen LogP contribution >= 0.6 is 22.9 Å². The zero-order valence-electron chi connectivity index (χ0n) is 16.6. The van der Waals surface area contributed by atoms with Gasteiger partial charge in [-0.2, -0.15) is 0 Å². The Morgan fingerprint density at radius 1 is 1.19 bits per heavy atom. The van der Waals surface area contributed by atoms with E-state index in [-0.39, 0.29) is 18.7 Å². The number of hydroxylamine groups is 1. The molecule has 0 unspecified atom stereocenters. The van der Waals surface area contributed by atoms with Crippen LogP contribution < -0.4 is 15.0 Å². The Balaban J connectivity index is 1.69. The molecule has 31 heavy (non-hydrogen) atoms. The van der Waals surface area contributed by atoms with Crippen LogP contribution in [0.5, 0.6) is 11.5 Å². The third kappa shape index (κ3) is 4.40. The van der Waals surface area contributed by atoms with Crippen LogP contribution in [0.1, 0.15) is 0 Å². The predicted octanol–water partition coefficient (Wildman–Crippen LogP) is 4.37. The Kier molecular flexibility index (Phi) is 5.92. The molecule has 158 valence electrons. The molecule has 0 radical (unpaired) electrons. The summed E-state index contributed by atoms with van der Waals surface area (Å²) >= 11 is 7.35. The summed E-state index contributed by atoms with van der Waals surface area (Å²) < 4.78 is 13.5. The summed E-state index contributed by atoms with van der Waals surface area (Å²) in [5.74, 6) is 0.912. The number of benzene rings is 2. The van der Waals surface area contributed by atoms with Gasteiger partial charge in [-0.1, -0.05) is 23.7 Å². The van der Waals surface area contributed by atoms with Crippen molar-refractivity contribution in [1.82, 2.24) is 9.55 Å². The molecular weight excluding hydrogens is 438 g/mol. The number of halogens is 1. The fraction of sp³-hybridized carbons (Fsp3) is 0.136. The van der Waals surface area contributed by atoms with Gasteiger partial charge >= 0.3 is 0 Å². The number of ether oxygens (including phenoxy) is 2. The smallest absolute Gasteiger partial charge is 0.275 e. The third-order valence-corrected chi connectivity index (χ3v) is 6.00. The van der Waals surface area contributed by atoms with E-state index >= 15 is 0 Å². The Hall–Kier alpha value is -3.36. The summed E-state index contributed by atoms with van der Waals surface area (Å²) in [5.41, 5.74) is 2.02. The van der Waals surface area contributed by atoms with Crippen molar-refractivity contribution in [3.63, 3.8) is 0 Å². The number of aromatic nitrogens is 2. The fourth-order valence-electron chi connectivity index (χ4n) is 3.04. The lowest BCUT2D eigenvalue weighted by molar-refractivity contribution is -0.450. The first-order valence-electron chi connectivity index (χ1n) is 9.30. The Bertz CT molecular complexity index is 1310. The van der Waals surface area contributed by atoms with Crippen molar-refractivity contribution < 1.29 is 14.2 Å². The van der Waals surface area contributed by atoms with E-state index in [0.29, 0.717) is 37.2 Å². The van der Waals surface area contributed by atoms with Crippen LogP contribution in [-0.2, 0) is 0 Å². The second-order valence-electron chi connectivity index (χ2n) is 6.64. The van der Waals surface area contributed by atoms with Gasteiger partial charge in [0, 0.05) is 16.0 Å². The minimum Gasteiger partial charge on any atom is -0.624 e. The van der Waals surface area contributed by atoms with Crippen LogP contribution in [0.2, 0.25) is 5.02 Å². The highest BCUT2D eigenvalue weighted by Crippen LogP contribution is 2.32. The average Bonchev–Trinajstić information content (AvgIpc) is 3.20. The van der Waals surface area contributed by atoms with Gasteiger partial charge in [0.1, 0.15) is 24.4 Å². The van der Waals surface area contributed by atoms with Gasteiger partial charge in [-0.25, -0.2) is 9.72 Å². The van der Waals surface area contributed by atoms with Gasteiger partial charge in [0.15, 0.2) is 18.0 Å². The number of nitrogens with zero attached hydrogens (tertiary/aromatic N) is 3. The summed E-state index contributed by atoms with van der Waals surface area (Å²) in [6.45, 7) is 3.53. The van der Waals surface area contributed by atoms with Gasteiger partial charge in [-0.3, -0.25) is 9.36 Å². The average molecular weight is 456 g/mol. The number of hydrogen-bond acceptors (Lipinski definition) is 6. The number of fused-ring (bicyclic) bond motifs is 1. The molecule has 0 aliphatic heterocycles. The van der Waals surface area contributed by atoms with E-state index < -0.39 is 0 Å². The van der Waals surface area contributed by atoms with E-state index in [2.05, 4.69) is 11.7 Å². The van der Waals surface area contributed by atoms with Gasteiger partial charge in [0.05, 0.1) is 18.3 Å². The second kappa shape index (κ2) is 8.79. The van der Waals surface area contributed by atoms with Gasteiger partial charge in [-0.05, 0) is 35.9 Å². The van der Waals surface area contributed by atoms with E-state index in [1.54, 1.807) is 18.2 Å². The lowest BCUT2D eigenvalue weighted by Crippen LogP contribution is -2.18. The van der Waals surface area contributed by atoms with Gasteiger partial charge < -0.3 is 14.7 Å². The molecule has 0 spiro atoms. The van der Waals surface area contributed by atoms with Crippen LogP contribution in [0.4, 0.5) is 0 Å². The fourth-order valence-corrected chi connectivity index (χ4v) is 4.21. The van der Waals surface area contributed by atoms with E-state index in [1.807, 2.05) is 30.3 Å². The van der Waals surface area contributed by atoms with Crippen molar-refractivity contribution in [2.24, 2.45) is 0 Å². The lowest BCUT2D eigenvalue weighted by atomic mass is 10.2. The van der Waals surface area contributed by atoms with Gasteiger partial charge in [0.2, 0.25) is 0 Å². The van der Waals surface area contributed by atoms with Crippen LogP contribution in [0.15, 0.2) is 59.7 Å². The minimum atomic E-state index is -0.176. The quantitative estimate of drug-likeness (QED) is 0.179. The van der Waals surface area contributed by atoms with Crippen molar-refractivity contribution in [2.75, 3.05) is 20.3 Å². The maximum Gasteiger partial charge on any atom is 0.275 e. The molecule has 7 nitrogen and oxygen atoms in total. The lowest BCUT2D eigenvalue weighted by Gasteiger charge is -2.12. The standard InChI is InChI=1S/C22H18ClN3O4S/c1-25(28)9-10-30-18-8-7-16(11-19(18)29-2)26-13-24-17-12-20(31-21(17)22(26)27)14-3-5-15(23)6-4-14/h3-8,11-13H,1,9-10H2,2H3. The van der Waals surface area contributed by atoms with Crippen molar-refractivity contribution in [1.29, 1.82) is 0 Å². The van der Waals surface area contributed by atoms with E-state index in [4.69, 9.17) is 21.1 Å². The first-order chi connectivity index (χ1) is 15.0. The van der Waals surface area contributed by atoms with E-state index in [0.717, 1.165) is 10.4 Å². The third-order valence-electron chi connectivity index (χ3n) is 4.59. The number of rotatable bonds is 7. The molecule has 2 heterocycles. The van der Waals surface area contributed by atoms with Crippen LogP contribution in [0, 0.1) is 5.21 Å². The number of thiophene rings is 1. The molecule has 4 aromatic rings. The second-order valence-corrected chi connectivity index (χ2v) is 8.13. The van der Waals surface area contributed by atoms with Crippen LogP contribution in [0.25, 0.3) is 26.3 Å². The topological polar surface area (TPSA) is 79.4 Å². The Morgan fingerprint density at radius 3 is 2.68 bits per heavy atom. The molecule has 0 aliphatic rings. The van der Waals surface area contributed by atoms with Gasteiger partial charge in [-0.15, -0.1) is 11.3 Å². The molecule has 0 N–H and O–H groups in total. The molecule has 9 heteroatoms. The summed E-state index contributed by atoms with van der Waals surface area (Å²) in [7, 11) is 1.51. The van der Waals surface area contributed by atoms with Crippen molar-refractivity contribution in [3.05, 3.63) is 75.4 Å². The molecular formula is C22H18ClN3O4S. The predicted molar refractivity (Wildman–Crippen MR) is 123 cm³/mol. The monoisotopic (exact) mass is 455 g/mol. The van der Waals surface area contributed by atoms with Gasteiger partial charge in [0.25, 0.3) is 5.56 Å². The van der Waals surface area contributed by atoms with E-state index in [1.165, 1.54) is 29.3 Å². The highest BCUT2D eigenvalue weighted by molar-refractivity contribution is 7.22. The van der Waals surface area contributed by atoms with Crippen molar-refractivity contribution in [3.8, 4) is 27.6 Å². The summed E-state index contributed by atoms with van der Waals surface area (Å²) in [6, 6.07) is 14.5. The molecule has 4 rings (SSSR count). The molecule has 2 aromatic carbocycles. The highest BCUT2D eigenvalue weighted by atomic mass is 35.5. The van der Waals surface area contributed by atoms with Crippen molar-refractivity contribution in [2.45, 2.75) is 0 Å². The Morgan fingerprint density at radius 2 is 1.97 bits per heavy atom. The zero-order chi connectivity index (χ0) is 22.0. The summed E-state index contributed by atoms with van der Waals surface area (Å²) in [4.78, 5) is 18.5. The normalized spacial score (nSPS) is 10.9. The molecule has 0 saturated heterocycles. The van der Waals surface area contributed by atoms with Crippen molar-refractivity contribution >= 4 is 39.9 Å². The Labute approximate surface area is 187 Å². The number of methoxy groups -OCH3 is 1. The van der Waals surface area contributed by atoms with E-state index in [9.17, 15) is 10.0 Å². The largest absolute Gasteiger partial charge is 0.624 e. The zero-order valence-corrected chi connectivity index (χ0v) is 18.2. The minimum absolute atomic E-state index is 0.124. The first-order valence-corrected chi connectivity index (χ1v) is 10.5. The van der Waals surface area contributed by atoms with Crippen LogP contribution in [0.3, 0.4) is 0 Å². The maximum absolute atomic E-state index is 13.2. The molecule has 0 amide bonds. The maximum atomic E-state index is 13.2. The number of hydrogen-bond donors (Lipinski definition) is 0. The summed E-state index contributed by atoms with van der Waals surface area (Å²) in [5, 5.41) is 11.6. The molecule has 2 aromatic heterocycles. The SMILES string of the molecule is C=[N+]([O-])CCOc1ccc(-n2cnc3cc(-c4ccc(Cl)cc4)sc3c2=O)cc1OC.